The summed E-state index contributed by atoms with van der Waals surface area (Å²) in [5, 5.41) is 3.40. The molecule has 0 aliphatic heterocycles. The smallest absolute Gasteiger partial charge is 0.265 e. The molecule has 0 unspecified atom stereocenters. The Balaban J connectivity index is 1.89. The largest absolute Gasteiger partial charge is 0.319 e. The maximum absolute atomic E-state index is 13.5. The number of nitrogens with one attached hydrogen (secondary N) is 1. The van der Waals surface area contributed by atoms with Crippen molar-refractivity contribution in [3.05, 3.63) is 65.0 Å². The van der Waals surface area contributed by atoms with E-state index in [9.17, 15) is 13.6 Å². The Morgan fingerprint density at radius 2 is 1.85 bits per heavy atom. The van der Waals surface area contributed by atoms with Gasteiger partial charge in [0.2, 0.25) is 0 Å². The third-order valence-electron chi connectivity index (χ3n) is 2.83. The monoisotopic (exact) mass is 289 g/mol. The van der Waals surface area contributed by atoms with E-state index in [1.807, 2.05) is 24.3 Å². The van der Waals surface area contributed by atoms with Crippen molar-refractivity contribution in [2.45, 2.75) is 0 Å². The van der Waals surface area contributed by atoms with E-state index in [1.165, 1.54) is 17.4 Å². The van der Waals surface area contributed by atoms with E-state index in [0.717, 1.165) is 22.2 Å². The quantitative estimate of drug-likeness (QED) is 0.743. The average molecular weight is 289 g/mol. The molecule has 1 N–H and O–H groups in total. The number of carbonyl (C=O) groups is 1. The molecular formula is C15H9F2NOS. The summed E-state index contributed by atoms with van der Waals surface area (Å²) >= 11 is 1.33. The minimum absolute atomic E-state index is 0.0335. The Hall–Kier alpha value is -2.27. The van der Waals surface area contributed by atoms with Crippen LogP contribution >= 0.6 is 11.3 Å². The Morgan fingerprint density at radius 3 is 2.60 bits per heavy atom. The Morgan fingerprint density at radius 1 is 1.05 bits per heavy atom. The lowest BCUT2D eigenvalue weighted by atomic mass is 10.2. The molecule has 0 radical (unpaired) electrons. The van der Waals surface area contributed by atoms with Crippen molar-refractivity contribution in [3.63, 3.8) is 0 Å². The van der Waals surface area contributed by atoms with Gasteiger partial charge >= 0.3 is 0 Å². The fraction of sp³-hybridized carbons (Fsp3) is 0. The lowest BCUT2D eigenvalue weighted by molar-refractivity contribution is 0.103. The second kappa shape index (κ2) is 5.02. The van der Waals surface area contributed by atoms with Crippen molar-refractivity contribution in [1.29, 1.82) is 0 Å². The molecule has 2 aromatic carbocycles. The van der Waals surface area contributed by atoms with E-state index in [-0.39, 0.29) is 5.69 Å². The molecule has 5 heteroatoms. The van der Waals surface area contributed by atoms with Crippen LogP contribution in [0.15, 0.2) is 48.5 Å². The highest BCUT2D eigenvalue weighted by Crippen LogP contribution is 2.26. The summed E-state index contributed by atoms with van der Waals surface area (Å²) in [4.78, 5) is 12.5. The highest BCUT2D eigenvalue weighted by molar-refractivity contribution is 7.20. The SMILES string of the molecule is O=C(Nc1ccc(F)cc1F)c1cc2ccccc2s1. The Kier molecular flexibility index (Phi) is 3.20. The fourth-order valence-corrected chi connectivity index (χ4v) is 2.83. The number of hydrogen-bond acceptors (Lipinski definition) is 2. The van der Waals surface area contributed by atoms with Crippen LogP contribution in [0.1, 0.15) is 9.67 Å². The van der Waals surface area contributed by atoms with E-state index in [4.69, 9.17) is 0 Å². The van der Waals surface area contributed by atoms with Crippen LogP contribution in [-0.4, -0.2) is 5.91 Å². The zero-order valence-electron chi connectivity index (χ0n) is 10.2. The van der Waals surface area contributed by atoms with Crippen LogP contribution in [0, 0.1) is 11.6 Å². The molecule has 0 saturated heterocycles. The van der Waals surface area contributed by atoms with E-state index in [1.54, 1.807) is 6.07 Å². The molecule has 0 saturated carbocycles. The molecule has 0 aliphatic carbocycles. The van der Waals surface area contributed by atoms with Crippen LogP contribution in [0.25, 0.3) is 10.1 Å². The van der Waals surface area contributed by atoms with E-state index < -0.39 is 17.5 Å². The van der Waals surface area contributed by atoms with Crippen LogP contribution in [-0.2, 0) is 0 Å². The van der Waals surface area contributed by atoms with E-state index in [0.29, 0.717) is 4.88 Å². The normalized spacial score (nSPS) is 10.7. The van der Waals surface area contributed by atoms with Gasteiger partial charge in [0.05, 0.1) is 10.6 Å². The summed E-state index contributed by atoms with van der Waals surface area (Å²) in [5.74, 6) is -1.88. The van der Waals surface area contributed by atoms with Crippen molar-refractivity contribution in [3.8, 4) is 0 Å². The number of anilines is 1. The van der Waals surface area contributed by atoms with Crippen molar-refractivity contribution in [2.24, 2.45) is 0 Å². The molecule has 1 amide bonds. The van der Waals surface area contributed by atoms with E-state index in [2.05, 4.69) is 5.32 Å². The minimum Gasteiger partial charge on any atom is -0.319 e. The standard InChI is InChI=1S/C15H9F2NOS/c16-10-5-6-12(11(17)8-10)18-15(19)14-7-9-3-1-2-4-13(9)20-14/h1-8H,(H,18,19). The van der Waals surface area contributed by atoms with Gasteiger partial charge < -0.3 is 5.32 Å². The number of halogens is 2. The van der Waals surface area contributed by atoms with Crippen LogP contribution in [0.5, 0.6) is 0 Å². The molecular weight excluding hydrogens is 280 g/mol. The molecule has 3 rings (SSSR count). The number of rotatable bonds is 2. The summed E-state index contributed by atoms with van der Waals surface area (Å²) in [5.41, 5.74) is -0.0335. The van der Waals surface area contributed by atoms with Gasteiger partial charge in [0.25, 0.3) is 5.91 Å². The van der Waals surface area contributed by atoms with Crippen LogP contribution in [0.2, 0.25) is 0 Å². The molecule has 20 heavy (non-hydrogen) atoms. The van der Waals surface area contributed by atoms with Gasteiger partial charge in [-0.15, -0.1) is 11.3 Å². The van der Waals surface area contributed by atoms with Gasteiger partial charge in [-0.3, -0.25) is 4.79 Å². The molecule has 0 atom stereocenters. The first-order chi connectivity index (χ1) is 9.63. The lowest BCUT2D eigenvalue weighted by Crippen LogP contribution is -2.11. The predicted octanol–water partition coefficient (Wildman–Crippen LogP) is 4.43. The first kappa shape index (κ1) is 12.7. The van der Waals surface area contributed by atoms with Gasteiger partial charge in [-0.25, -0.2) is 8.78 Å². The Labute approximate surface area is 117 Å². The number of benzene rings is 2. The van der Waals surface area contributed by atoms with Gasteiger partial charge in [0.15, 0.2) is 0 Å². The molecule has 0 bridgehead atoms. The Bertz CT molecular complexity index is 764. The topological polar surface area (TPSA) is 29.1 Å². The molecule has 100 valence electrons. The van der Waals surface area contributed by atoms with Crippen molar-refractivity contribution in [1.82, 2.24) is 0 Å². The number of thiophene rings is 1. The first-order valence-electron chi connectivity index (χ1n) is 5.88. The summed E-state index contributed by atoms with van der Waals surface area (Å²) in [6.45, 7) is 0. The zero-order valence-corrected chi connectivity index (χ0v) is 11.0. The molecule has 0 aliphatic rings. The van der Waals surface area contributed by atoms with Crippen molar-refractivity contribution >= 4 is 33.0 Å². The predicted molar refractivity (Wildman–Crippen MR) is 76.1 cm³/mol. The second-order valence-electron chi connectivity index (χ2n) is 4.23. The summed E-state index contributed by atoms with van der Waals surface area (Å²) in [7, 11) is 0. The highest BCUT2D eigenvalue weighted by Gasteiger charge is 2.12. The third kappa shape index (κ3) is 2.40. The zero-order chi connectivity index (χ0) is 14.1. The van der Waals surface area contributed by atoms with Crippen molar-refractivity contribution < 1.29 is 13.6 Å². The maximum Gasteiger partial charge on any atom is 0.265 e. The third-order valence-corrected chi connectivity index (χ3v) is 3.94. The second-order valence-corrected chi connectivity index (χ2v) is 5.31. The summed E-state index contributed by atoms with van der Waals surface area (Å²) in [6.07, 6.45) is 0. The van der Waals surface area contributed by atoms with Crippen molar-refractivity contribution in [2.75, 3.05) is 5.32 Å². The molecule has 2 nitrogen and oxygen atoms in total. The number of carbonyl (C=O) groups excluding carboxylic acids is 1. The van der Waals surface area contributed by atoms with Gasteiger partial charge in [-0.1, -0.05) is 18.2 Å². The molecule has 3 aromatic rings. The van der Waals surface area contributed by atoms with Gasteiger partial charge in [0, 0.05) is 10.8 Å². The van der Waals surface area contributed by atoms with Gasteiger partial charge in [-0.05, 0) is 29.7 Å². The molecule has 1 aromatic heterocycles. The summed E-state index contributed by atoms with van der Waals surface area (Å²) in [6, 6.07) is 12.4. The molecule has 0 fully saturated rings. The first-order valence-corrected chi connectivity index (χ1v) is 6.70. The minimum atomic E-state index is -0.792. The van der Waals surface area contributed by atoms with Gasteiger partial charge in [0.1, 0.15) is 11.6 Å². The maximum atomic E-state index is 13.5. The number of amides is 1. The van der Waals surface area contributed by atoms with Crippen LogP contribution < -0.4 is 5.32 Å². The molecule has 1 heterocycles. The van der Waals surface area contributed by atoms with Crippen LogP contribution in [0.3, 0.4) is 0 Å². The number of fused-ring (bicyclic) bond motifs is 1. The number of hydrogen-bond donors (Lipinski definition) is 1. The lowest BCUT2D eigenvalue weighted by Gasteiger charge is -2.04. The highest BCUT2D eigenvalue weighted by atomic mass is 32.1. The van der Waals surface area contributed by atoms with Crippen LogP contribution in [0.4, 0.5) is 14.5 Å². The van der Waals surface area contributed by atoms with E-state index >= 15 is 0 Å². The summed E-state index contributed by atoms with van der Waals surface area (Å²) < 4.78 is 27.3. The average Bonchev–Trinajstić information content (AvgIpc) is 2.86. The fourth-order valence-electron chi connectivity index (χ4n) is 1.87. The molecule has 0 spiro atoms. The van der Waals surface area contributed by atoms with Gasteiger partial charge in [-0.2, -0.15) is 0 Å².